The van der Waals surface area contributed by atoms with E-state index in [-0.39, 0.29) is 24.3 Å². The summed E-state index contributed by atoms with van der Waals surface area (Å²) in [6, 6.07) is 4.83. The van der Waals surface area contributed by atoms with Crippen LogP contribution in [0.1, 0.15) is 62.1 Å². The molecule has 1 saturated carbocycles. The van der Waals surface area contributed by atoms with Gasteiger partial charge in [0, 0.05) is 17.4 Å². The Labute approximate surface area is 179 Å². The van der Waals surface area contributed by atoms with E-state index >= 15 is 0 Å². The van der Waals surface area contributed by atoms with Crippen LogP contribution in [0.5, 0.6) is 5.75 Å². The fourth-order valence-electron chi connectivity index (χ4n) is 4.81. The van der Waals surface area contributed by atoms with Gasteiger partial charge in [0.25, 0.3) is 0 Å². The lowest BCUT2D eigenvalue weighted by molar-refractivity contribution is 0.106. The molecule has 4 unspecified atom stereocenters. The van der Waals surface area contributed by atoms with E-state index in [1.54, 1.807) is 0 Å². The Hall–Kier alpha value is -0.840. The first-order valence-electron chi connectivity index (χ1n) is 10.9. The summed E-state index contributed by atoms with van der Waals surface area (Å²) in [6.07, 6.45) is 12.4. The first-order chi connectivity index (χ1) is 13.5. The molecule has 1 fully saturated rings. The summed E-state index contributed by atoms with van der Waals surface area (Å²) >= 11 is 3.49. The van der Waals surface area contributed by atoms with Gasteiger partial charge in [-0.15, -0.1) is 0 Å². The Bertz CT molecular complexity index is 646. The zero-order valence-electron chi connectivity index (χ0n) is 17.6. The molecule has 0 bridgehead atoms. The third-order valence-electron chi connectivity index (χ3n) is 6.42. The molecule has 1 aromatic rings. The first-order valence-corrected chi connectivity index (χ1v) is 12.0. The van der Waals surface area contributed by atoms with Crippen molar-refractivity contribution >= 4 is 15.9 Å². The Morgan fingerprint density at radius 1 is 1.14 bits per heavy atom. The normalized spacial score (nSPS) is 27.0. The predicted molar refractivity (Wildman–Crippen MR) is 121 cm³/mol. The standard InChI is InChI=1S/C24H36BrNO2/c1-16-13-21(28-18(3)11-12-25)14-17(2)22(16)15-20-9-10-23(27)24(26-20)19-7-5-4-6-8-19/h9-10,13-14,18-20,23-24,26-27H,4-8,11-12,15H2,1-3H3. The minimum atomic E-state index is -0.353. The number of aryl methyl sites for hydroxylation is 2. The molecule has 3 nitrogen and oxygen atoms in total. The summed E-state index contributed by atoms with van der Waals surface area (Å²) in [5, 5.41) is 15.2. The number of rotatable bonds is 7. The van der Waals surface area contributed by atoms with Crippen molar-refractivity contribution in [3.8, 4) is 5.75 Å². The minimum Gasteiger partial charge on any atom is -0.491 e. The monoisotopic (exact) mass is 449 g/mol. The van der Waals surface area contributed by atoms with Crippen LogP contribution in [0.25, 0.3) is 0 Å². The molecule has 2 N–H and O–H groups in total. The summed E-state index contributed by atoms with van der Waals surface area (Å²) in [5.74, 6) is 1.57. The van der Waals surface area contributed by atoms with Crippen molar-refractivity contribution in [2.75, 3.05) is 5.33 Å². The van der Waals surface area contributed by atoms with Crippen LogP contribution in [-0.4, -0.2) is 34.7 Å². The van der Waals surface area contributed by atoms with E-state index in [0.717, 1.165) is 23.9 Å². The predicted octanol–water partition coefficient (Wildman–Crippen LogP) is 5.24. The fraction of sp³-hybridized carbons (Fsp3) is 0.667. The minimum absolute atomic E-state index is 0.198. The van der Waals surface area contributed by atoms with Gasteiger partial charge in [-0.2, -0.15) is 0 Å². The summed E-state index contributed by atoms with van der Waals surface area (Å²) in [4.78, 5) is 0. The van der Waals surface area contributed by atoms with Crippen LogP contribution in [0.15, 0.2) is 24.3 Å². The van der Waals surface area contributed by atoms with Crippen LogP contribution in [0.2, 0.25) is 0 Å². The maximum absolute atomic E-state index is 10.5. The molecule has 1 heterocycles. The van der Waals surface area contributed by atoms with Crippen molar-refractivity contribution in [1.82, 2.24) is 5.32 Å². The summed E-state index contributed by atoms with van der Waals surface area (Å²) in [7, 11) is 0. The topological polar surface area (TPSA) is 41.5 Å². The SMILES string of the molecule is Cc1cc(OC(C)CCBr)cc(C)c1CC1C=CC(O)C(C2CCCCC2)N1. The summed E-state index contributed by atoms with van der Waals surface area (Å²) < 4.78 is 6.08. The molecule has 2 aliphatic rings. The van der Waals surface area contributed by atoms with Crippen LogP contribution in [0.4, 0.5) is 0 Å². The highest BCUT2D eigenvalue weighted by Gasteiger charge is 2.32. The first kappa shape index (κ1) is 21.9. The molecule has 4 atom stereocenters. The number of nitrogens with one attached hydrogen (secondary N) is 1. The molecule has 1 aliphatic heterocycles. The van der Waals surface area contributed by atoms with Crippen LogP contribution < -0.4 is 10.1 Å². The molecular formula is C24H36BrNO2. The molecule has 4 heteroatoms. The van der Waals surface area contributed by atoms with Gasteiger partial charge in [-0.05, 0) is 81.2 Å². The van der Waals surface area contributed by atoms with Gasteiger partial charge in [-0.3, -0.25) is 0 Å². The quantitative estimate of drug-likeness (QED) is 0.441. The van der Waals surface area contributed by atoms with Crippen molar-refractivity contribution in [3.05, 3.63) is 41.0 Å². The highest BCUT2D eigenvalue weighted by atomic mass is 79.9. The number of hydrogen-bond donors (Lipinski definition) is 2. The second kappa shape index (κ2) is 10.3. The Kier molecular flexibility index (Phi) is 8.02. The Morgan fingerprint density at radius 2 is 1.82 bits per heavy atom. The molecule has 1 aromatic carbocycles. The molecule has 0 aromatic heterocycles. The summed E-state index contributed by atoms with van der Waals surface area (Å²) in [6.45, 7) is 6.49. The van der Waals surface area contributed by atoms with Crippen LogP contribution in [0.3, 0.4) is 0 Å². The lowest BCUT2D eigenvalue weighted by atomic mass is 9.79. The average molecular weight is 450 g/mol. The lowest BCUT2D eigenvalue weighted by Gasteiger charge is -2.38. The van der Waals surface area contributed by atoms with Crippen LogP contribution in [-0.2, 0) is 6.42 Å². The smallest absolute Gasteiger partial charge is 0.120 e. The van der Waals surface area contributed by atoms with Crippen molar-refractivity contribution in [2.45, 2.75) is 90.0 Å². The number of ether oxygens (including phenoxy) is 1. The van der Waals surface area contributed by atoms with Crippen molar-refractivity contribution < 1.29 is 9.84 Å². The van der Waals surface area contributed by atoms with Gasteiger partial charge in [-0.25, -0.2) is 0 Å². The number of alkyl halides is 1. The van der Waals surface area contributed by atoms with Crippen molar-refractivity contribution in [3.63, 3.8) is 0 Å². The fourth-order valence-corrected chi connectivity index (χ4v) is 5.46. The third-order valence-corrected chi connectivity index (χ3v) is 6.88. The number of aliphatic hydroxyl groups excluding tert-OH is 1. The Balaban J connectivity index is 1.68. The highest BCUT2D eigenvalue weighted by Crippen LogP contribution is 2.31. The number of benzene rings is 1. The van der Waals surface area contributed by atoms with E-state index in [9.17, 15) is 5.11 Å². The second-order valence-corrected chi connectivity index (χ2v) is 9.51. The van der Waals surface area contributed by atoms with E-state index in [1.807, 2.05) is 6.08 Å². The zero-order chi connectivity index (χ0) is 20.1. The summed E-state index contributed by atoms with van der Waals surface area (Å²) in [5.41, 5.74) is 3.97. The highest BCUT2D eigenvalue weighted by molar-refractivity contribution is 9.09. The maximum Gasteiger partial charge on any atom is 0.120 e. The molecule has 0 spiro atoms. The molecule has 1 aliphatic carbocycles. The molecule has 3 rings (SSSR count). The molecule has 0 saturated heterocycles. The van der Waals surface area contributed by atoms with E-state index in [1.165, 1.54) is 48.8 Å². The van der Waals surface area contributed by atoms with Crippen molar-refractivity contribution in [1.29, 1.82) is 0 Å². The van der Waals surface area contributed by atoms with Gasteiger partial charge in [0.05, 0.1) is 12.2 Å². The van der Waals surface area contributed by atoms with Crippen molar-refractivity contribution in [2.24, 2.45) is 5.92 Å². The number of aliphatic hydroxyl groups is 1. The zero-order valence-corrected chi connectivity index (χ0v) is 19.2. The van der Waals surface area contributed by atoms with E-state index in [2.05, 4.69) is 60.2 Å². The van der Waals surface area contributed by atoms with E-state index in [4.69, 9.17) is 4.74 Å². The molecular weight excluding hydrogens is 414 g/mol. The largest absolute Gasteiger partial charge is 0.491 e. The van der Waals surface area contributed by atoms with E-state index in [0.29, 0.717) is 5.92 Å². The molecule has 28 heavy (non-hydrogen) atoms. The second-order valence-electron chi connectivity index (χ2n) is 8.72. The maximum atomic E-state index is 10.5. The van der Waals surface area contributed by atoms with Gasteiger partial charge in [0.15, 0.2) is 0 Å². The average Bonchev–Trinajstić information content (AvgIpc) is 2.67. The van der Waals surface area contributed by atoms with Crippen LogP contribution in [0, 0.1) is 19.8 Å². The van der Waals surface area contributed by atoms with Crippen LogP contribution >= 0.6 is 15.9 Å². The number of hydrogen-bond acceptors (Lipinski definition) is 3. The van der Waals surface area contributed by atoms with Gasteiger partial charge in [-0.1, -0.05) is 47.3 Å². The van der Waals surface area contributed by atoms with E-state index < -0.39 is 0 Å². The van der Waals surface area contributed by atoms with Gasteiger partial charge in [0.2, 0.25) is 0 Å². The third kappa shape index (κ3) is 5.61. The molecule has 0 amide bonds. The lowest BCUT2D eigenvalue weighted by Crippen LogP contribution is -2.52. The van der Waals surface area contributed by atoms with Gasteiger partial charge < -0.3 is 15.2 Å². The molecule has 0 radical (unpaired) electrons. The molecule has 156 valence electrons. The number of halogens is 1. The Morgan fingerprint density at radius 3 is 2.46 bits per heavy atom. The van der Waals surface area contributed by atoms with Gasteiger partial charge in [0.1, 0.15) is 5.75 Å². The van der Waals surface area contributed by atoms with Gasteiger partial charge >= 0.3 is 0 Å².